The summed E-state index contributed by atoms with van der Waals surface area (Å²) in [5, 5.41) is 3.61. The van der Waals surface area contributed by atoms with Crippen molar-refractivity contribution < 1.29 is 17.6 Å². The number of aryl methyl sites for hydroxylation is 1. The summed E-state index contributed by atoms with van der Waals surface area (Å²) in [5.41, 5.74) is 1.53. The molecule has 0 aromatic carbocycles. The first kappa shape index (κ1) is 14.4. The van der Waals surface area contributed by atoms with Crippen LogP contribution in [0.5, 0.6) is 0 Å². The number of aromatic nitrogens is 1. The molecular weight excluding hydrogens is 295 g/mol. The number of pyridine rings is 1. The maximum absolute atomic E-state index is 12.4. The van der Waals surface area contributed by atoms with Crippen LogP contribution in [0.2, 0.25) is 5.02 Å². The number of hydrogen-bond acceptors (Lipinski definition) is 4. The average Bonchev–Trinajstić information content (AvgIpc) is 2.76. The predicted molar refractivity (Wildman–Crippen MR) is 68.9 cm³/mol. The van der Waals surface area contributed by atoms with Crippen LogP contribution in [0.3, 0.4) is 0 Å². The van der Waals surface area contributed by atoms with Gasteiger partial charge in [0.2, 0.25) is 0 Å². The smallest absolute Gasteiger partial charge is 0.417 e. The second-order valence-electron chi connectivity index (χ2n) is 3.87. The molecule has 1 N–H and O–H groups in total. The van der Waals surface area contributed by atoms with Crippen LogP contribution in [0.4, 0.5) is 19.0 Å². The molecule has 0 aliphatic rings. The molecule has 2 heterocycles. The summed E-state index contributed by atoms with van der Waals surface area (Å²) in [7, 11) is 0. The quantitative estimate of drug-likeness (QED) is 0.686. The lowest BCUT2D eigenvalue weighted by atomic mass is 10.3. The van der Waals surface area contributed by atoms with Crippen LogP contribution in [0.15, 0.2) is 33.9 Å². The van der Waals surface area contributed by atoms with Crippen molar-refractivity contribution in [3.05, 3.63) is 46.5 Å². The number of anilines is 1. The summed E-state index contributed by atoms with van der Waals surface area (Å²) in [5.74, 6) is 1.24. The lowest BCUT2D eigenvalue weighted by Gasteiger charge is -2.08. The summed E-state index contributed by atoms with van der Waals surface area (Å²) in [4.78, 5) is 3.57. The van der Waals surface area contributed by atoms with E-state index in [4.69, 9.17) is 16.0 Å². The van der Waals surface area contributed by atoms with Crippen molar-refractivity contribution in [3.8, 4) is 0 Å². The van der Waals surface area contributed by atoms with Crippen LogP contribution in [0.25, 0.3) is 0 Å². The Kier molecular flexibility index (Phi) is 3.99. The summed E-state index contributed by atoms with van der Waals surface area (Å²) >= 11 is 5.70. The second kappa shape index (κ2) is 5.54. The minimum atomic E-state index is -4.48. The van der Waals surface area contributed by atoms with Gasteiger partial charge in [-0.25, -0.2) is 4.98 Å². The van der Waals surface area contributed by atoms with Gasteiger partial charge >= 0.3 is 6.18 Å². The zero-order valence-electron chi connectivity index (χ0n) is 10.2. The normalized spacial score (nSPS) is 12.1. The van der Waals surface area contributed by atoms with E-state index in [9.17, 15) is 13.2 Å². The Balaban J connectivity index is 2.09. The summed E-state index contributed by atoms with van der Waals surface area (Å²) < 4.78 is 42.5. The number of rotatable bonds is 3. The Bertz CT molecular complexity index is 637. The van der Waals surface area contributed by atoms with Crippen LogP contribution in [-0.2, 0) is 6.18 Å². The fraction of sp³-hybridized carbons (Fsp3) is 0.167. The van der Waals surface area contributed by atoms with Crippen LogP contribution in [0, 0.1) is 6.92 Å². The molecule has 20 heavy (non-hydrogen) atoms. The lowest BCUT2D eigenvalue weighted by molar-refractivity contribution is -0.137. The largest absolute Gasteiger partial charge is 0.460 e. The maximum atomic E-state index is 12.4. The Morgan fingerprint density at radius 3 is 2.70 bits per heavy atom. The first-order valence-electron chi connectivity index (χ1n) is 5.44. The van der Waals surface area contributed by atoms with Gasteiger partial charge in [-0.15, -0.1) is 0 Å². The Morgan fingerprint density at radius 2 is 2.15 bits per heavy atom. The third kappa shape index (κ3) is 3.51. The molecule has 0 fully saturated rings. The van der Waals surface area contributed by atoms with Gasteiger partial charge in [-0.1, -0.05) is 11.6 Å². The number of nitrogens with zero attached hydrogens (tertiary/aromatic N) is 2. The molecule has 0 amide bonds. The van der Waals surface area contributed by atoms with Crippen LogP contribution in [-0.4, -0.2) is 11.2 Å². The number of furan rings is 1. The van der Waals surface area contributed by atoms with E-state index in [1.54, 1.807) is 19.1 Å². The first-order chi connectivity index (χ1) is 9.36. The van der Waals surface area contributed by atoms with Crippen molar-refractivity contribution >= 4 is 23.6 Å². The Hall–Kier alpha value is -2.02. The molecule has 0 aliphatic carbocycles. The number of nitrogens with one attached hydrogen (secondary N) is 1. The monoisotopic (exact) mass is 303 g/mol. The third-order valence-electron chi connectivity index (χ3n) is 2.29. The molecule has 0 saturated heterocycles. The molecule has 2 rings (SSSR count). The highest BCUT2D eigenvalue weighted by molar-refractivity contribution is 6.32. The van der Waals surface area contributed by atoms with Crippen molar-refractivity contribution in [1.82, 2.24) is 4.98 Å². The van der Waals surface area contributed by atoms with Crippen molar-refractivity contribution in [2.75, 3.05) is 5.43 Å². The van der Waals surface area contributed by atoms with E-state index < -0.39 is 11.7 Å². The first-order valence-corrected chi connectivity index (χ1v) is 5.82. The fourth-order valence-electron chi connectivity index (χ4n) is 1.36. The molecule has 2 aromatic heterocycles. The molecule has 0 aliphatic heterocycles. The third-order valence-corrected chi connectivity index (χ3v) is 2.58. The zero-order chi connectivity index (χ0) is 14.8. The number of alkyl halides is 3. The Labute approximate surface area is 117 Å². The molecule has 2 aromatic rings. The van der Waals surface area contributed by atoms with Crippen LogP contribution >= 0.6 is 11.6 Å². The summed E-state index contributed by atoms with van der Waals surface area (Å²) in [6.45, 7) is 1.78. The standard InChI is InChI=1S/C12H9ClF3N3O/c1-7-2-3-9(20-7)6-18-19-11-10(13)4-8(5-17-11)12(14,15)16/h2-6H,1H3,(H,17,19)/b18-6-. The van der Waals surface area contributed by atoms with Crippen molar-refractivity contribution in [1.29, 1.82) is 0 Å². The van der Waals surface area contributed by atoms with E-state index in [0.717, 1.165) is 11.8 Å². The van der Waals surface area contributed by atoms with E-state index in [-0.39, 0.29) is 10.8 Å². The molecule has 0 saturated carbocycles. The van der Waals surface area contributed by atoms with Crippen molar-refractivity contribution in [2.45, 2.75) is 13.1 Å². The Morgan fingerprint density at radius 1 is 1.40 bits per heavy atom. The van der Waals surface area contributed by atoms with Crippen LogP contribution < -0.4 is 5.43 Å². The van der Waals surface area contributed by atoms with Gasteiger partial charge in [0.15, 0.2) is 5.82 Å². The van der Waals surface area contributed by atoms with Gasteiger partial charge in [-0.05, 0) is 25.1 Å². The van der Waals surface area contributed by atoms with Gasteiger partial charge in [0, 0.05) is 6.20 Å². The SMILES string of the molecule is Cc1ccc(/C=N\Nc2ncc(C(F)(F)F)cc2Cl)o1. The van der Waals surface area contributed by atoms with Gasteiger partial charge in [0.05, 0.1) is 16.8 Å². The summed E-state index contributed by atoms with van der Waals surface area (Å²) in [6.07, 6.45) is -2.44. The zero-order valence-corrected chi connectivity index (χ0v) is 11.0. The molecule has 106 valence electrons. The van der Waals surface area contributed by atoms with E-state index >= 15 is 0 Å². The molecule has 0 spiro atoms. The molecule has 0 unspecified atom stereocenters. The molecule has 0 atom stereocenters. The maximum Gasteiger partial charge on any atom is 0.417 e. The number of halogens is 4. The topological polar surface area (TPSA) is 50.4 Å². The van der Waals surface area contributed by atoms with Crippen molar-refractivity contribution in [2.24, 2.45) is 5.10 Å². The number of hydrogen-bond donors (Lipinski definition) is 1. The van der Waals surface area contributed by atoms with Gasteiger partial charge in [-0.3, -0.25) is 5.43 Å². The van der Waals surface area contributed by atoms with Gasteiger partial charge in [0.1, 0.15) is 11.5 Å². The average molecular weight is 304 g/mol. The second-order valence-corrected chi connectivity index (χ2v) is 4.28. The lowest BCUT2D eigenvalue weighted by Crippen LogP contribution is -2.06. The minimum absolute atomic E-state index is 0.0270. The molecule has 0 bridgehead atoms. The van der Waals surface area contributed by atoms with E-state index in [2.05, 4.69) is 15.5 Å². The molecule has 4 nitrogen and oxygen atoms in total. The van der Waals surface area contributed by atoms with E-state index in [1.165, 1.54) is 6.21 Å². The molecule has 0 radical (unpaired) electrons. The highest BCUT2D eigenvalue weighted by Crippen LogP contribution is 2.32. The predicted octanol–water partition coefficient (Wildman–Crippen LogP) is 4.10. The van der Waals surface area contributed by atoms with Gasteiger partial charge in [-0.2, -0.15) is 18.3 Å². The van der Waals surface area contributed by atoms with Crippen molar-refractivity contribution in [3.63, 3.8) is 0 Å². The van der Waals surface area contributed by atoms with E-state index in [0.29, 0.717) is 12.0 Å². The van der Waals surface area contributed by atoms with Gasteiger partial charge < -0.3 is 4.42 Å². The number of hydrazone groups is 1. The van der Waals surface area contributed by atoms with Gasteiger partial charge in [0.25, 0.3) is 0 Å². The molecule has 8 heteroatoms. The molecular formula is C12H9ClF3N3O. The highest BCUT2D eigenvalue weighted by atomic mass is 35.5. The van der Waals surface area contributed by atoms with E-state index in [1.807, 2.05) is 0 Å². The fourth-order valence-corrected chi connectivity index (χ4v) is 1.56. The van der Waals surface area contributed by atoms with Crippen LogP contribution in [0.1, 0.15) is 17.1 Å². The highest BCUT2D eigenvalue weighted by Gasteiger charge is 2.31. The summed E-state index contributed by atoms with van der Waals surface area (Å²) in [6, 6.07) is 4.23. The minimum Gasteiger partial charge on any atom is -0.460 e.